The Hall–Kier alpha value is -2.05. The third-order valence-electron chi connectivity index (χ3n) is 8.47. The molecule has 0 aromatic heterocycles. The van der Waals surface area contributed by atoms with Crippen molar-refractivity contribution < 1.29 is 29.3 Å². The van der Waals surface area contributed by atoms with Gasteiger partial charge in [-0.3, -0.25) is 14.4 Å². The van der Waals surface area contributed by atoms with Crippen LogP contribution in [0.1, 0.15) is 40.5 Å². The minimum absolute atomic E-state index is 0.0205. The molecule has 4 aliphatic carbocycles. The van der Waals surface area contributed by atoms with Gasteiger partial charge in [0.2, 0.25) is 5.78 Å². The van der Waals surface area contributed by atoms with Crippen LogP contribution in [0.4, 0.5) is 0 Å². The number of ketones is 2. The zero-order valence-electron chi connectivity index (χ0n) is 17.9. The highest BCUT2D eigenvalue weighted by molar-refractivity contribution is 6.01. The summed E-state index contributed by atoms with van der Waals surface area (Å²) in [6.45, 7) is 6.55. The first-order valence-electron chi connectivity index (χ1n) is 10.7. The first kappa shape index (κ1) is 21.2. The SMILES string of the molecule is CC(=O)OCC(=O)[C@@]1(O)[C@@H](C)CC2C3C=CC4=CC(=O)C=C[C@]4(C)C3C(O)C[C@@]21C. The zero-order chi connectivity index (χ0) is 22.1. The summed E-state index contributed by atoms with van der Waals surface area (Å²) in [5.74, 6) is -1.66. The van der Waals surface area contributed by atoms with Crippen LogP contribution in [0.25, 0.3) is 0 Å². The van der Waals surface area contributed by atoms with Crippen molar-refractivity contribution in [2.45, 2.75) is 52.2 Å². The van der Waals surface area contributed by atoms with Crippen LogP contribution in [0.5, 0.6) is 0 Å². The number of rotatable bonds is 3. The number of carbonyl (C=O) groups is 3. The van der Waals surface area contributed by atoms with Crippen molar-refractivity contribution in [3.8, 4) is 0 Å². The highest BCUT2D eigenvalue weighted by atomic mass is 16.5. The topological polar surface area (TPSA) is 101 Å². The van der Waals surface area contributed by atoms with Crippen molar-refractivity contribution in [2.75, 3.05) is 6.61 Å². The monoisotopic (exact) mass is 414 g/mol. The molecule has 162 valence electrons. The van der Waals surface area contributed by atoms with E-state index in [0.29, 0.717) is 6.42 Å². The Morgan fingerprint density at radius 3 is 2.63 bits per heavy atom. The van der Waals surface area contributed by atoms with Crippen molar-refractivity contribution in [2.24, 2.45) is 34.5 Å². The lowest BCUT2D eigenvalue weighted by atomic mass is 9.47. The first-order chi connectivity index (χ1) is 13.9. The van der Waals surface area contributed by atoms with Gasteiger partial charge >= 0.3 is 5.97 Å². The van der Waals surface area contributed by atoms with Crippen LogP contribution in [0, 0.1) is 34.5 Å². The molecule has 0 radical (unpaired) electrons. The van der Waals surface area contributed by atoms with E-state index in [4.69, 9.17) is 4.74 Å². The molecule has 0 aromatic rings. The van der Waals surface area contributed by atoms with Crippen LogP contribution >= 0.6 is 0 Å². The van der Waals surface area contributed by atoms with E-state index < -0.39 is 40.9 Å². The second-order valence-corrected chi connectivity index (χ2v) is 9.98. The van der Waals surface area contributed by atoms with Gasteiger partial charge < -0.3 is 14.9 Å². The fourth-order valence-electron chi connectivity index (χ4n) is 6.99. The summed E-state index contributed by atoms with van der Waals surface area (Å²) in [6.07, 6.45) is 9.24. The molecule has 8 atom stereocenters. The Balaban J connectivity index is 1.74. The second kappa shape index (κ2) is 6.72. The summed E-state index contributed by atoms with van der Waals surface area (Å²) in [4.78, 5) is 36.1. The predicted molar refractivity (Wildman–Crippen MR) is 109 cm³/mol. The van der Waals surface area contributed by atoms with Crippen molar-refractivity contribution in [3.05, 3.63) is 36.0 Å². The molecule has 0 aromatic carbocycles. The molecule has 0 amide bonds. The molecule has 2 N–H and O–H groups in total. The third kappa shape index (κ3) is 2.66. The van der Waals surface area contributed by atoms with Crippen LogP contribution in [-0.4, -0.2) is 46.1 Å². The number of Topliss-reactive ketones (excluding diaryl/α,β-unsaturated/α-hetero) is 1. The van der Waals surface area contributed by atoms with Crippen LogP contribution in [0.15, 0.2) is 36.0 Å². The average molecular weight is 414 g/mol. The normalized spacial score (nSPS) is 46.5. The maximum absolute atomic E-state index is 13.1. The lowest BCUT2D eigenvalue weighted by Gasteiger charge is -2.57. The van der Waals surface area contributed by atoms with Crippen molar-refractivity contribution in [1.29, 1.82) is 0 Å². The van der Waals surface area contributed by atoms with Gasteiger partial charge in [0.25, 0.3) is 0 Å². The van der Waals surface area contributed by atoms with E-state index in [-0.39, 0.29) is 35.9 Å². The van der Waals surface area contributed by atoms with Crippen LogP contribution in [0.3, 0.4) is 0 Å². The molecule has 4 aliphatic rings. The summed E-state index contributed by atoms with van der Waals surface area (Å²) < 4.78 is 4.91. The number of esters is 1. The highest BCUT2D eigenvalue weighted by Gasteiger charge is 2.70. The lowest BCUT2D eigenvalue weighted by Crippen LogP contribution is -2.62. The van der Waals surface area contributed by atoms with E-state index in [1.54, 1.807) is 12.2 Å². The van der Waals surface area contributed by atoms with E-state index in [1.165, 1.54) is 6.92 Å². The number of hydrogen-bond donors (Lipinski definition) is 2. The molecule has 30 heavy (non-hydrogen) atoms. The maximum Gasteiger partial charge on any atom is 0.303 e. The summed E-state index contributed by atoms with van der Waals surface area (Å²) in [6, 6.07) is 0. The molecule has 0 bridgehead atoms. The smallest absolute Gasteiger partial charge is 0.303 e. The highest BCUT2D eigenvalue weighted by Crippen LogP contribution is 2.67. The second-order valence-electron chi connectivity index (χ2n) is 9.98. The van der Waals surface area contributed by atoms with E-state index >= 15 is 0 Å². The van der Waals surface area contributed by atoms with Gasteiger partial charge in [-0.2, -0.15) is 0 Å². The van der Waals surface area contributed by atoms with Gasteiger partial charge in [0.05, 0.1) is 6.10 Å². The maximum atomic E-state index is 13.1. The number of hydrogen-bond acceptors (Lipinski definition) is 6. The van der Waals surface area contributed by atoms with Crippen LogP contribution in [0.2, 0.25) is 0 Å². The standard InChI is InChI=1S/C24H30O6/c1-13-9-18-17-6-5-15-10-16(26)7-8-22(15,3)21(17)19(27)11-23(18,4)24(13,29)20(28)12-30-14(2)25/h5-8,10,13,17-19,21,27,29H,9,11-12H2,1-4H3/t13-,17?,18?,19?,21?,22-,23-,24-/m0/s1. The minimum Gasteiger partial charge on any atom is -0.458 e. The number of aliphatic hydroxyl groups is 2. The van der Waals surface area contributed by atoms with Gasteiger partial charge in [0, 0.05) is 23.7 Å². The predicted octanol–water partition coefficient (Wildman–Crippen LogP) is 2.15. The summed E-state index contributed by atoms with van der Waals surface area (Å²) in [5, 5.41) is 23.0. The molecular weight excluding hydrogens is 384 g/mol. The number of ether oxygens (including phenoxy) is 1. The van der Waals surface area contributed by atoms with Gasteiger partial charge in [-0.25, -0.2) is 0 Å². The summed E-state index contributed by atoms with van der Waals surface area (Å²) in [5.41, 5.74) is -2.10. The van der Waals surface area contributed by atoms with E-state index in [9.17, 15) is 24.6 Å². The molecule has 6 nitrogen and oxygen atoms in total. The Bertz CT molecular complexity index is 899. The molecular formula is C24H30O6. The summed E-state index contributed by atoms with van der Waals surface area (Å²) in [7, 11) is 0. The van der Waals surface area contributed by atoms with E-state index in [0.717, 1.165) is 5.57 Å². The van der Waals surface area contributed by atoms with Crippen molar-refractivity contribution in [3.63, 3.8) is 0 Å². The van der Waals surface area contributed by atoms with Crippen LogP contribution < -0.4 is 0 Å². The summed E-state index contributed by atoms with van der Waals surface area (Å²) >= 11 is 0. The molecule has 2 fully saturated rings. The van der Waals surface area contributed by atoms with E-state index in [2.05, 4.69) is 0 Å². The molecule has 0 aliphatic heterocycles. The zero-order valence-corrected chi connectivity index (χ0v) is 17.9. The largest absolute Gasteiger partial charge is 0.458 e. The number of allylic oxidation sites excluding steroid dienone is 6. The van der Waals surface area contributed by atoms with Gasteiger partial charge in [0.1, 0.15) is 5.60 Å². The molecule has 2 saturated carbocycles. The van der Waals surface area contributed by atoms with Gasteiger partial charge in [0.15, 0.2) is 12.4 Å². The lowest BCUT2D eigenvalue weighted by molar-refractivity contribution is -0.180. The van der Waals surface area contributed by atoms with E-state index in [1.807, 2.05) is 39.0 Å². The molecule has 0 spiro atoms. The Kier molecular flexibility index (Phi) is 4.75. The molecule has 6 heteroatoms. The Morgan fingerprint density at radius 2 is 1.97 bits per heavy atom. The van der Waals surface area contributed by atoms with Crippen molar-refractivity contribution in [1.82, 2.24) is 0 Å². The number of carbonyl (C=O) groups excluding carboxylic acids is 3. The fourth-order valence-corrected chi connectivity index (χ4v) is 6.99. The third-order valence-corrected chi connectivity index (χ3v) is 8.47. The molecule has 4 unspecified atom stereocenters. The average Bonchev–Trinajstić information content (AvgIpc) is 2.87. The van der Waals surface area contributed by atoms with Gasteiger partial charge in [-0.05, 0) is 48.3 Å². The first-order valence-corrected chi connectivity index (χ1v) is 10.7. The Labute approximate surface area is 176 Å². The molecule has 0 saturated heterocycles. The quantitative estimate of drug-likeness (QED) is 0.687. The number of fused-ring (bicyclic) bond motifs is 5. The number of aliphatic hydroxyl groups excluding tert-OH is 1. The van der Waals surface area contributed by atoms with Crippen molar-refractivity contribution >= 4 is 17.5 Å². The minimum atomic E-state index is -1.68. The van der Waals surface area contributed by atoms with Gasteiger partial charge in [-0.1, -0.05) is 39.0 Å². The molecule has 4 rings (SSSR count). The molecule has 0 heterocycles. The Morgan fingerprint density at radius 1 is 1.27 bits per heavy atom. The van der Waals surface area contributed by atoms with Crippen LogP contribution in [-0.2, 0) is 19.1 Å². The fraction of sp³-hybridized carbons (Fsp3) is 0.625. The van der Waals surface area contributed by atoms with Gasteiger partial charge in [-0.15, -0.1) is 0 Å².